The van der Waals surface area contributed by atoms with Crippen LogP contribution in [0.5, 0.6) is 0 Å². The Hall–Kier alpha value is -1.97. The van der Waals surface area contributed by atoms with Gasteiger partial charge in [0.1, 0.15) is 0 Å². The van der Waals surface area contributed by atoms with Crippen molar-refractivity contribution in [1.29, 1.82) is 0 Å². The highest BCUT2D eigenvalue weighted by Crippen LogP contribution is 2.30. The van der Waals surface area contributed by atoms with Crippen LogP contribution in [0.4, 0.5) is 0 Å². The van der Waals surface area contributed by atoms with Crippen LogP contribution in [0.3, 0.4) is 0 Å². The first-order chi connectivity index (χ1) is 11.8. The monoisotopic (exact) mass is 306 g/mol. The van der Waals surface area contributed by atoms with Gasteiger partial charge in [-0.2, -0.15) is 15.0 Å². The van der Waals surface area contributed by atoms with Crippen LogP contribution in [0.2, 0.25) is 10.6 Å². The van der Waals surface area contributed by atoms with E-state index in [2.05, 4.69) is 15.0 Å². The lowest BCUT2D eigenvalue weighted by Crippen LogP contribution is -1.95. The second-order valence-corrected chi connectivity index (χ2v) is 4.42. The molecule has 0 spiro atoms. The van der Waals surface area contributed by atoms with E-state index in [0.29, 0.717) is 11.1 Å². The SMILES string of the molecule is [2H]c1c([2H])c([2H])c(-c2ccccc2-c2nc(Cl)nc(Cl)n2)c([2H])c1[2H]. The smallest absolute Gasteiger partial charge is 0.198 e. The lowest BCUT2D eigenvalue weighted by molar-refractivity contribution is 1.06. The van der Waals surface area contributed by atoms with Gasteiger partial charge in [-0.1, -0.05) is 54.5 Å². The average molecular weight is 307 g/mol. The Bertz CT molecular complexity index is 948. The Morgan fingerprint density at radius 2 is 1.40 bits per heavy atom. The summed E-state index contributed by atoms with van der Waals surface area (Å²) >= 11 is 11.7. The average Bonchev–Trinajstić information content (AvgIpc) is 2.58. The molecule has 0 radical (unpaired) electrons. The van der Waals surface area contributed by atoms with Crippen molar-refractivity contribution in [3.05, 3.63) is 65.0 Å². The minimum atomic E-state index is -0.456. The molecule has 0 fully saturated rings. The third-order valence-electron chi connectivity index (χ3n) is 2.52. The summed E-state index contributed by atoms with van der Waals surface area (Å²) in [7, 11) is 0. The fraction of sp³-hybridized carbons (Fsp3) is 0. The number of halogens is 2. The van der Waals surface area contributed by atoms with Crippen molar-refractivity contribution in [2.75, 3.05) is 0 Å². The molecule has 0 saturated carbocycles. The number of hydrogen-bond acceptors (Lipinski definition) is 3. The van der Waals surface area contributed by atoms with Gasteiger partial charge in [-0.05, 0) is 34.3 Å². The van der Waals surface area contributed by atoms with Gasteiger partial charge < -0.3 is 0 Å². The van der Waals surface area contributed by atoms with E-state index < -0.39 is 18.1 Å². The summed E-state index contributed by atoms with van der Waals surface area (Å²) in [4.78, 5) is 11.7. The lowest BCUT2D eigenvalue weighted by Gasteiger charge is -2.08. The zero-order valence-electron chi connectivity index (χ0n) is 14.9. The molecular weight excluding hydrogens is 293 g/mol. The molecule has 3 rings (SSSR count). The van der Waals surface area contributed by atoms with Crippen LogP contribution in [-0.4, -0.2) is 15.0 Å². The highest BCUT2D eigenvalue weighted by Gasteiger charge is 2.11. The molecule has 2 aromatic carbocycles. The van der Waals surface area contributed by atoms with Gasteiger partial charge in [0.25, 0.3) is 0 Å². The number of benzene rings is 2. The molecule has 3 aromatic rings. The van der Waals surface area contributed by atoms with E-state index in [1.165, 1.54) is 0 Å². The van der Waals surface area contributed by atoms with E-state index in [1.807, 2.05) is 0 Å². The predicted molar refractivity (Wildman–Crippen MR) is 80.7 cm³/mol. The van der Waals surface area contributed by atoms with E-state index in [9.17, 15) is 0 Å². The lowest BCUT2D eigenvalue weighted by atomic mass is 9.99. The minimum absolute atomic E-state index is 0.0502. The van der Waals surface area contributed by atoms with Gasteiger partial charge in [-0.25, -0.2) is 0 Å². The number of nitrogens with zero attached hydrogens (tertiary/aromatic N) is 3. The molecule has 1 heterocycles. The van der Waals surface area contributed by atoms with Crippen LogP contribution < -0.4 is 0 Å². The van der Waals surface area contributed by atoms with Gasteiger partial charge in [0.2, 0.25) is 10.6 Å². The molecule has 0 aliphatic carbocycles. The Kier molecular flexibility index (Phi) is 2.32. The third-order valence-corrected chi connectivity index (χ3v) is 2.86. The Labute approximate surface area is 133 Å². The fourth-order valence-electron chi connectivity index (χ4n) is 1.73. The second-order valence-electron chi connectivity index (χ2n) is 3.74. The maximum absolute atomic E-state index is 8.14. The predicted octanol–water partition coefficient (Wildman–Crippen LogP) is 4.51. The van der Waals surface area contributed by atoms with E-state index in [1.54, 1.807) is 24.3 Å². The third kappa shape index (κ3) is 2.64. The van der Waals surface area contributed by atoms with Gasteiger partial charge in [0.05, 0.1) is 6.85 Å². The summed E-state index contributed by atoms with van der Waals surface area (Å²) < 4.78 is 39.7. The molecule has 0 atom stereocenters. The maximum atomic E-state index is 8.14. The molecule has 0 saturated heterocycles. The quantitative estimate of drug-likeness (QED) is 0.699. The Morgan fingerprint density at radius 3 is 2.05 bits per heavy atom. The summed E-state index contributed by atoms with van der Waals surface area (Å²) in [5, 5.41) is -0.211. The van der Waals surface area contributed by atoms with Crippen molar-refractivity contribution in [1.82, 2.24) is 15.0 Å². The van der Waals surface area contributed by atoms with Gasteiger partial charge in [-0.3, -0.25) is 0 Å². The molecule has 1 aromatic heterocycles. The highest BCUT2D eigenvalue weighted by molar-refractivity contribution is 6.31. The number of hydrogen-bond donors (Lipinski definition) is 0. The molecule has 0 bridgehead atoms. The standard InChI is InChI=1S/C15H9Cl2N3/c16-14-18-13(19-15(17)20-14)12-9-5-4-8-11(12)10-6-2-1-3-7-10/h1-9H/i1D,2D,3D,6D,7D. The van der Waals surface area contributed by atoms with Crippen LogP contribution in [-0.2, 0) is 0 Å². The summed E-state index contributed by atoms with van der Waals surface area (Å²) in [6.45, 7) is 0. The van der Waals surface area contributed by atoms with Crippen LogP contribution >= 0.6 is 23.2 Å². The zero-order chi connectivity index (χ0) is 18.3. The second kappa shape index (κ2) is 5.57. The molecular formula is C15H9Cl2N3. The van der Waals surface area contributed by atoms with E-state index in [4.69, 9.17) is 30.1 Å². The maximum Gasteiger partial charge on any atom is 0.227 e. The molecule has 20 heavy (non-hydrogen) atoms. The Morgan fingerprint density at radius 1 is 0.800 bits per heavy atom. The first-order valence-corrected chi connectivity index (χ1v) is 6.30. The van der Waals surface area contributed by atoms with E-state index in [-0.39, 0.29) is 34.0 Å². The first-order valence-electron chi connectivity index (χ1n) is 8.05. The van der Waals surface area contributed by atoms with Crippen molar-refractivity contribution >= 4 is 23.2 Å². The van der Waals surface area contributed by atoms with Gasteiger partial charge in [0, 0.05) is 5.56 Å². The molecule has 5 heteroatoms. The number of aromatic nitrogens is 3. The molecule has 0 amide bonds. The van der Waals surface area contributed by atoms with Gasteiger partial charge in [0.15, 0.2) is 5.82 Å². The van der Waals surface area contributed by atoms with Crippen LogP contribution in [0.15, 0.2) is 54.5 Å². The first kappa shape index (κ1) is 8.35. The molecule has 0 aliphatic heterocycles. The Balaban J connectivity index is 2.35. The molecule has 0 N–H and O–H groups in total. The van der Waals surface area contributed by atoms with E-state index in [0.717, 1.165) is 0 Å². The fourth-order valence-corrected chi connectivity index (χ4v) is 2.09. The topological polar surface area (TPSA) is 38.7 Å². The van der Waals surface area contributed by atoms with Crippen LogP contribution in [0, 0.1) is 0 Å². The minimum Gasteiger partial charge on any atom is -0.198 e. The summed E-state index contributed by atoms with van der Waals surface area (Å²) in [5.74, 6) is 0.146. The van der Waals surface area contributed by atoms with Crippen molar-refractivity contribution in [2.24, 2.45) is 0 Å². The summed E-state index contributed by atoms with van der Waals surface area (Å²) in [5.41, 5.74) is 0.847. The highest BCUT2D eigenvalue weighted by atomic mass is 35.5. The summed E-state index contributed by atoms with van der Waals surface area (Å²) in [6.07, 6.45) is 0. The molecule has 0 aliphatic rings. The van der Waals surface area contributed by atoms with Crippen molar-refractivity contribution in [3.8, 4) is 22.5 Å². The zero-order valence-corrected chi connectivity index (χ0v) is 11.4. The molecule has 0 unspecified atom stereocenters. The van der Waals surface area contributed by atoms with E-state index >= 15 is 0 Å². The largest absolute Gasteiger partial charge is 0.227 e. The molecule has 98 valence electrons. The van der Waals surface area contributed by atoms with Crippen LogP contribution in [0.25, 0.3) is 22.5 Å². The van der Waals surface area contributed by atoms with Gasteiger partial charge >= 0.3 is 0 Å². The van der Waals surface area contributed by atoms with Crippen molar-refractivity contribution in [2.45, 2.75) is 0 Å². The van der Waals surface area contributed by atoms with Crippen molar-refractivity contribution in [3.63, 3.8) is 0 Å². The summed E-state index contributed by atoms with van der Waals surface area (Å²) in [6, 6.07) is 4.74. The number of rotatable bonds is 2. The van der Waals surface area contributed by atoms with Crippen molar-refractivity contribution < 1.29 is 6.85 Å². The van der Waals surface area contributed by atoms with Crippen LogP contribution in [0.1, 0.15) is 6.85 Å². The van der Waals surface area contributed by atoms with Gasteiger partial charge in [-0.15, -0.1) is 0 Å². The molecule has 3 nitrogen and oxygen atoms in total. The normalized spacial score (nSPS) is 14.0.